The summed E-state index contributed by atoms with van der Waals surface area (Å²) in [4.78, 5) is 4.41. The Hall–Kier alpha value is -0.810. The van der Waals surface area contributed by atoms with Crippen LogP contribution in [-0.2, 0) is 6.42 Å². The van der Waals surface area contributed by atoms with Gasteiger partial charge in [0.15, 0.2) is 0 Å². The zero-order valence-electron chi connectivity index (χ0n) is 10.4. The van der Waals surface area contributed by atoms with Crippen LogP contribution in [0.15, 0.2) is 4.42 Å². The third-order valence-corrected chi connectivity index (χ3v) is 3.15. The Labute approximate surface area is 107 Å². The van der Waals surface area contributed by atoms with Gasteiger partial charge in [0.05, 0.1) is 0 Å². The minimum absolute atomic E-state index is 0.481. The van der Waals surface area contributed by atoms with Gasteiger partial charge in [-0.3, -0.25) is 0 Å². The average molecular weight is 259 g/mol. The maximum atomic E-state index is 5.65. The molecular formula is C11H19ClN4O. The molecule has 5 nitrogen and oxygen atoms in total. The van der Waals surface area contributed by atoms with Crippen LogP contribution in [0.3, 0.4) is 0 Å². The van der Waals surface area contributed by atoms with Crippen LogP contribution in [0.2, 0.25) is 0 Å². The number of halogens is 1. The molecule has 0 radical (unpaired) electrons. The first-order valence-corrected chi connectivity index (χ1v) is 6.54. The van der Waals surface area contributed by atoms with Crippen LogP contribution in [0.1, 0.15) is 18.7 Å². The van der Waals surface area contributed by atoms with Crippen LogP contribution < -0.4 is 4.90 Å². The lowest BCUT2D eigenvalue weighted by Crippen LogP contribution is -2.37. The molecule has 6 heteroatoms. The number of alkyl halides is 1. The van der Waals surface area contributed by atoms with Crippen molar-refractivity contribution < 1.29 is 4.42 Å². The normalized spacial score (nSPS) is 20.5. The Kier molecular flexibility index (Phi) is 4.23. The molecule has 17 heavy (non-hydrogen) atoms. The van der Waals surface area contributed by atoms with Crippen LogP contribution in [0, 0.1) is 0 Å². The van der Waals surface area contributed by atoms with Crippen LogP contribution in [-0.4, -0.2) is 54.2 Å². The highest BCUT2D eigenvalue weighted by atomic mass is 35.5. The fourth-order valence-corrected chi connectivity index (χ4v) is 2.40. The SMILES string of the molecule is CN(C)CC1CCCN1c1nnc(CCCl)o1. The summed E-state index contributed by atoms with van der Waals surface area (Å²) in [5, 5.41) is 8.11. The van der Waals surface area contributed by atoms with E-state index in [9.17, 15) is 0 Å². The molecule has 0 aromatic carbocycles. The highest BCUT2D eigenvalue weighted by Crippen LogP contribution is 2.24. The van der Waals surface area contributed by atoms with Crippen LogP contribution in [0.5, 0.6) is 0 Å². The predicted molar refractivity (Wildman–Crippen MR) is 67.6 cm³/mol. The Morgan fingerprint density at radius 1 is 1.47 bits per heavy atom. The van der Waals surface area contributed by atoms with Gasteiger partial charge in [0.2, 0.25) is 5.89 Å². The van der Waals surface area contributed by atoms with Crippen molar-refractivity contribution in [1.82, 2.24) is 15.1 Å². The molecule has 1 fully saturated rings. The molecule has 96 valence electrons. The van der Waals surface area contributed by atoms with E-state index in [1.54, 1.807) is 0 Å². The van der Waals surface area contributed by atoms with Crippen molar-refractivity contribution >= 4 is 17.6 Å². The first-order valence-electron chi connectivity index (χ1n) is 6.00. The second-order valence-electron chi connectivity index (χ2n) is 4.67. The maximum absolute atomic E-state index is 5.65. The number of nitrogens with zero attached hydrogens (tertiary/aromatic N) is 4. The zero-order chi connectivity index (χ0) is 12.3. The van der Waals surface area contributed by atoms with Gasteiger partial charge in [0.1, 0.15) is 0 Å². The monoisotopic (exact) mass is 258 g/mol. The summed E-state index contributed by atoms with van der Waals surface area (Å²) in [5.41, 5.74) is 0. The molecule has 1 aliphatic rings. The second-order valence-corrected chi connectivity index (χ2v) is 5.05. The summed E-state index contributed by atoms with van der Waals surface area (Å²) in [6.45, 7) is 2.02. The largest absolute Gasteiger partial charge is 0.408 e. The minimum atomic E-state index is 0.481. The third-order valence-electron chi connectivity index (χ3n) is 2.96. The molecule has 0 spiro atoms. The molecule has 2 rings (SSSR count). The number of hydrogen-bond acceptors (Lipinski definition) is 5. The van der Waals surface area contributed by atoms with Gasteiger partial charge in [-0.25, -0.2) is 0 Å². The van der Waals surface area contributed by atoms with Crippen molar-refractivity contribution in [2.24, 2.45) is 0 Å². The van der Waals surface area contributed by atoms with Crippen LogP contribution in [0.4, 0.5) is 6.01 Å². The Morgan fingerprint density at radius 2 is 2.29 bits per heavy atom. The van der Waals surface area contributed by atoms with E-state index in [0.717, 1.165) is 13.1 Å². The first kappa shape index (κ1) is 12.6. The summed E-state index contributed by atoms with van der Waals surface area (Å²) in [7, 11) is 4.17. The van der Waals surface area contributed by atoms with Gasteiger partial charge in [0, 0.05) is 31.4 Å². The van der Waals surface area contributed by atoms with Crippen molar-refractivity contribution in [2.75, 3.05) is 38.0 Å². The number of aromatic nitrogens is 2. The van der Waals surface area contributed by atoms with Gasteiger partial charge in [-0.05, 0) is 26.9 Å². The molecule has 1 atom stereocenters. The molecular weight excluding hydrogens is 240 g/mol. The zero-order valence-corrected chi connectivity index (χ0v) is 11.2. The predicted octanol–water partition coefficient (Wildman–Crippen LogP) is 1.38. The lowest BCUT2D eigenvalue weighted by molar-refractivity contribution is 0.363. The molecule has 1 saturated heterocycles. The Bertz CT molecular complexity index is 355. The fraction of sp³-hybridized carbons (Fsp3) is 0.818. The van der Waals surface area contributed by atoms with Gasteiger partial charge in [-0.1, -0.05) is 5.10 Å². The van der Waals surface area contributed by atoms with E-state index in [4.69, 9.17) is 16.0 Å². The number of likely N-dealkylation sites (N-methyl/N-ethyl adjacent to an activating group) is 1. The van der Waals surface area contributed by atoms with Gasteiger partial charge < -0.3 is 14.2 Å². The van der Waals surface area contributed by atoms with Gasteiger partial charge >= 0.3 is 6.01 Å². The number of hydrogen-bond donors (Lipinski definition) is 0. The summed E-state index contributed by atoms with van der Waals surface area (Å²) >= 11 is 5.65. The van der Waals surface area contributed by atoms with E-state index >= 15 is 0 Å². The Morgan fingerprint density at radius 3 is 3.00 bits per heavy atom. The summed E-state index contributed by atoms with van der Waals surface area (Å²) in [5.74, 6) is 1.15. The maximum Gasteiger partial charge on any atom is 0.318 e. The molecule has 1 unspecified atom stereocenters. The topological polar surface area (TPSA) is 45.4 Å². The van der Waals surface area contributed by atoms with Crippen molar-refractivity contribution in [1.29, 1.82) is 0 Å². The van der Waals surface area contributed by atoms with E-state index in [1.807, 2.05) is 0 Å². The lowest BCUT2D eigenvalue weighted by Gasteiger charge is -2.25. The van der Waals surface area contributed by atoms with Crippen molar-refractivity contribution in [3.63, 3.8) is 0 Å². The number of anilines is 1. The number of aryl methyl sites for hydroxylation is 1. The molecule has 0 saturated carbocycles. The number of rotatable bonds is 5. The Balaban J connectivity index is 2.03. The van der Waals surface area contributed by atoms with E-state index in [2.05, 4.69) is 34.1 Å². The average Bonchev–Trinajstić information content (AvgIpc) is 2.86. The lowest BCUT2D eigenvalue weighted by atomic mass is 10.2. The smallest absolute Gasteiger partial charge is 0.318 e. The highest BCUT2D eigenvalue weighted by molar-refractivity contribution is 6.17. The van der Waals surface area contributed by atoms with Crippen molar-refractivity contribution in [2.45, 2.75) is 25.3 Å². The molecule has 0 N–H and O–H groups in total. The van der Waals surface area contributed by atoms with E-state index in [-0.39, 0.29) is 0 Å². The van der Waals surface area contributed by atoms with E-state index in [0.29, 0.717) is 30.2 Å². The first-order chi connectivity index (χ1) is 8.20. The van der Waals surface area contributed by atoms with Crippen LogP contribution >= 0.6 is 11.6 Å². The molecule has 1 aliphatic heterocycles. The molecule has 0 aliphatic carbocycles. The van der Waals surface area contributed by atoms with Crippen molar-refractivity contribution in [3.05, 3.63) is 5.89 Å². The summed E-state index contributed by atoms with van der Waals surface area (Å²) in [6.07, 6.45) is 3.01. The van der Waals surface area contributed by atoms with Gasteiger partial charge in [0.25, 0.3) is 0 Å². The van der Waals surface area contributed by atoms with Gasteiger partial charge in [-0.15, -0.1) is 16.7 Å². The molecule has 0 bridgehead atoms. The van der Waals surface area contributed by atoms with E-state index in [1.165, 1.54) is 12.8 Å². The fourth-order valence-electron chi connectivity index (χ4n) is 2.24. The van der Waals surface area contributed by atoms with E-state index < -0.39 is 0 Å². The molecule has 2 heterocycles. The minimum Gasteiger partial charge on any atom is -0.408 e. The second kappa shape index (κ2) is 5.69. The quantitative estimate of drug-likeness (QED) is 0.747. The third kappa shape index (κ3) is 3.10. The molecule has 1 aromatic heterocycles. The van der Waals surface area contributed by atoms with Crippen LogP contribution in [0.25, 0.3) is 0 Å². The van der Waals surface area contributed by atoms with Crippen molar-refractivity contribution in [3.8, 4) is 0 Å². The molecule has 1 aromatic rings. The summed E-state index contributed by atoms with van der Waals surface area (Å²) < 4.78 is 5.62. The standard InChI is InChI=1S/C11H19ClN4O/c1-15(2)8-9-4-3-7-16(9)11-14-13-10(17-11)5-6-12/h9H,3-8H2,1-2H3. The highest BCUT2D eigenvalue weighted by Gasteiger charge is 2.28. The van der Waals surface area contributed by atoms with Gasteiger partial charge in [-0.2, -0.15) is 0 Å². The molecule has 0 amide bonds. The summed E-state index contributed by atoms with van der Waals surface area (Å²) in [6, 6.07) is 1.13.